The Labute approximate surface area is 103 Å². The minimum Gasteiger partial charge on any atom is -0.349 e. The quantitative estimate of drug-likeness (QED) is 0.700. The third-order valence-corrected chi connectivity index (χ3v) is 2.72. The zero-order valence-corrected chi connectivity index (χ0v) is 10.9. The van der Waals surface area contributed by atoms with Crippen LogP contribution < -0.4 is 5.32 Å². The fraction of sp³-hybridized carbons (Fsp3) is 0.667. The van der Waals surface area contributed by atoms with Crippen LogP contribution in [0.5, 0.6) is 0 Å². The number of aryl methyl sites for hydroxylation is 1. The molecule has 0 fully saturated rings. The van der Waals surface area contributed by atoms with Crippen molar-refractivity contribution in [2.24, 2.45) is 7.05 Å². The monoisotopic (exact) mass is 238 g/mol. The number of carbonyl (C=O) groups is 1. The van der Waals surface area contributed by atoms with E-state index in [4.69, 9.17) is 0 Å². The molecule has 1 N–H and O–H groups in total. The Hall–Kier alpha value is -1.36. The molecule has 0 spiro atoms. The molecule has 0 aliphatic carbocycles. The van der Waals surface area contributed by atoms with Crippen LogP contribution in [-0.4, -0.2) is 47.8 Å². The Kier molecular flexibility index (Phi) is 5.69. The van der Waals surface area contributed by atoms with Crippen LogP contribution in [0.3, 0.4) is 0 Å². The van der Waals surface area contributed by atoms with Crippen LogP contribution in [0.4, 0.5) is 0 Å². The summed E-state index contributed by atoms with van der Waals surface area (Å²) in [5, 5.41) is 7.45. The van der Waals surface area contributed by atoms with E-state index in [1.165, 1.54) is 5.69 Å². The van der Waals surface area contributed by atoms with Crippen molar-refractivity contribution in [2.45, 2.75) is 19.3 Å². The molecule has 0 aliphatic heterocycles. The second-order valence-corrected chi connectivity index (χ2v) is 4.34. The lowest BCUT2D eigenvalue weighted by Gasteiger charge is -2.10. The average molecular weight is 238 g/mol. The molecule has 0 saturated carbocycles. The van der Waals surface area contributed by atoms with Crippen molar-refractivity contribution in [2.75, 3.05) is 27.2 Å². The Morgan fingerprint density at radius 3 is 2.82 bits per heavy atom. The van der Waals surface area contributed by atoms with Crippen molar-refractivity contribution in [3.8, 4) is 0 Å². The van der Waals surface area contributed by atoms with Crippen LogP contribution in [0.1, 0.15) is 18.5 Å². The number of rotatable bonds is 7. The van der Waals surface area contributed by atoms with Crippen LogP contribution in [-0.2, 0) is 18.3 Å². The topological polar surface area (TPSA) is 50.2 Å². The van der Waals surface area contributed by atoms with Crippen molar-refractivity contribution >= 4 is 5.91 Å². The minimum absolute atomic E-state index is 0.193. The highest BCUT2D eigenvalue weighted by molar-refractivity contribution is 5.75. The Balaban J connectivity index is 2.02. The van der Waals surface area contributed by atoms with Gasteiger partial charge in [0, 0.05) is 52.4 Å². The van der Waals surface area contributed by atoms with E-state index in [9.17, 15) is 4.79 Å². The highest BCUT2D eigenvalue weighted by Gasteiger charge is 2.02. The van der Waals surface area contributed by atoms with Gasteiger partial charge in [0.15, 0.2) is 0 Å². The van der Waals surface area contributed by atoms with Gasteiger partial charge in [-0.05, 0) is 19.0 Å². The summed E-state index contributed by atoms with van der Waals surface area (Å²) < 4.78 is 1.89. The van der Waals surface area contributed by atoms with Gasteiger partial charge in [-0.2, -0.15) is 5.10 Å². The number of aromatic nitrogens is 2. The second-order valence-electron chi connectivity index (χ2n) is 4.34. The van der Waals surface area contributed by atoms with Crippen LogP contribution in [0.2, 0.25) is 0 Å². The number of nitrogens with zero attached hydrogens (tertiary/aromatic N) is 3. The van der Waals surface area contributed by atoms with Crippen LogP contribution >= 0.6 is 0 Å². The standard InChI is InChI=1S/C12H22N4O/c1-15(2)12(17)5-4-8-13-9-6-11-7-10-14-16(11)3/h7,10,13H,4-6,8-9H2,1-3H3. The van der Waals surface area contributed by atoms with Gasteiger partial charge in [0.2, 0.25) is 5.91 Å². The fourth-order valence-electron chi connectivity index (χ4n) is 1.58. The normalized spacial score (nSPS) is 10.5. The molecule has 5 heteroatoms. The lowest BCUT2D eigenvalue weighted by molar-refractivity contribution is -0.128. The first-order valence-electron chi connectivity index (χ1n) is 5.99. The van der Waals surface area contributed by atoms with E-state index >= 15 is 0 Å². The van der Waals surface area contributed by atoms with E-state index in [2.05, 4.69) is 10.4 Å². The Bertz CT molecular complexity index is 346. The first kappa shape index (κ1) is 13.7. The van der Waals surface area contributed by atoms with E-state index in [0.29, 0.717) is 6.42 Å². The van der Waals surface area contributed by atoms with Gasteiger partial charge in [0.1, 0.15) is 0 Å². The molecule has 17 heavy (non-hydrogen) atoms. The largest absolute Gasteiger partial charge is 0.349 e. The molecule has 1 aromatic rings. The van der Waals surface area contributed by atoms with Crippen molar-refractivity contribution in [1.29, 1.82) is 0 Å². The van der Waals surface area contributed by atoms with Gasteiger partial charge in [-0.1, -0.05) is 0 Å². The zero-order valence-electron chi connectivity index (χ0n) is 10.9. The SMILES string of the molecule is CN(C)C(=O)CCCNCCc1ccnn1C. The average Bonchev–Trinajstić information content (AvgIpc) is 2.68. The van der Waals surface area contributed by atoms with Crippen molar-refractivity contribution in [1.82, 2.24) is 20.0 Å². The predicted molar refractivity (Wildman–Crippen MR) is 67.7 cm³/mol. The predicted octanol–water partition coefficient (Wildman–Crippen LogP) is 0.421. The Morgan fingerprint density at radius 2 is 2.24 bits per heavy atom. The van der Waals surface area contributed by atoms with E-state index in [1.54, 1.807) is 19.0 Å². The zero-order chi connectivity index (χ0) is 12.7. The number of carbonyl (C=O) groups excluding carboxylic acids is 1. The maximum Gasteiger partial charge on any atom is 0.222 e. The summed E-state index contributed by atoms with van der Waals surface area (Å²) in [5.41, 5.74) is 1.22. The third-order valence-electron chi connectivity index (χ3n) is 2.72. The highest BCUT2D eigenvalue weighted by atomic mass is 16.2. The fourth-order valence-corrected chi connectivity index (χ4v) is 1.58. The van der Waals surface area contributed by atoms with Crippen LogP contribution in [0.15, 0.2) is 12.3 Å². The Morgan fingerprint density at radius 1 is 1.47 bits per heavy atom. The van der Waals surface area contributed by atoms with Gasteiger partial charge < -0.3 is 10.2 Å². The molecular formula is C12H22N4O. The summed E-state index contributed by atoms with van der Waals surface area (Å²) in [7, 11) is 5.53. The number of hydrogen-bond donors (Lipinski definition) is 1. The molecule has 0 aromatic carbocycles. The molecule has 0 radical (unpaired) electrons. The van der Waals surface area contributed by atoms with Gasteiger partial charge in [0.05, 0.1) is 0 Å². The number of hydrogen-bond acceptors (Lipinski definition) is 3. The van der Waals surface area contributed by atoms with E-state index in [0.717, 1.165) is 25.9 Å². The first-order chi connectivity index (χ1) is 8.11. The van der Waals surface area contributed by atoms with Crippen molar-refractivity contribution < 1.29 is 4.79 Å². The smallest absolute Gasteiger partial charge is 0.222 e. The van der Waals surface area contributed by atoms with E-state index in [-0.39, 0.29) is 5.91 Å². The van der Waals surface area contributed by atoms with Gasteiger partial charge in [0.25, 0.3) is 0 Å². The number of nitrogens with one attached hydrogen (secondary N) is 1. The molecule has 1 rings (SSSR count). The molecule has 96 valence electrons. The molecule has 1 aromatic heterocycles. The van der Waals surface area contributed by atoms with Gasteiger partial charge in [-0.25, -0.2) is 0 Å². The molecular weight excluding hydrogens is 216 g/mol. The molecule has 1 amide bonds. The lowest BCUT2D eigenvalue weighted by Crippen LogP contribution is -2.24. The van der Waals surface area contributed by atoms with Crippen LogP contribution in [0.25, 0.3) is 0 Å². The summed E-state index contributed by atoms with van der Waals surface area (Å²) in [4.78, 5) is 12.9. The maximum atomic E-state index is 11.3. The van der Waals surface area contributed by atoms with Gasteiger partial charge in [-0.15, -0.1) is 0 Å². The van der Waals surface area contributed by atoms with Crippen molar-refractivity contribution in [3.63, 3.8) is 0 Å². The molecule has 0 unspecified atom stereocenters. The molecule has 0 atom stereocenters. The first-order valence-corrected chi connectivity index (χ1v) is 5.99. The summed E-state index contributed by atoms with van der Waals surface area (Å²) >= 11 is 0. The minimum atomic E-state index is 0.193. The summed E-state index contributed by atoms with van der Waals surface area (Å²) in [5.74, 6) is 0.193. The highest BCUT2D eigenvalue weighted by Crippen LogP contribution is 1.96. The molecule has 0 saturated heterocycles. The van der Waals surface area contributed by atoms with Crippen LogP contribution in [0, 0.1) is 0 Å². The van der Waals surface area contributed by atoms with Crippen molar-refractivity contribution in [3.05, 3.63) is 18.0 Å². The van der Waals surface area contributed by atoms with Gasteiger partial charge in [-0.3, -0.25) is 9.48 Å². The second kappa shape index (κ2) is 7.06. The maximum absolute atomic E-state index is 11.3. The summed E-state index contributed by atoms with van der Waals surface area (Å²) in [6, 6.07) is 2.03. The summed E-state index contributed by atoms with van der Waals surface area (Å²) in [6.45, 7) is 1.81. The summed E-state index contributed by atoms with van der Waals surface area (Å²) in [6.07, 6.45) is 4.29. The molecule has 1 heterocycles. The van der Waals surface area contributed by atoms with Gasteiger partial charge >= 0.3 is 0 Å². The lowest BCUT2D eigenvalue weighted by atomic mass is 10.2. The molecule has 0 bridgehead atoms. The third kappa shape index (κ3) is 4.99. The molecule has 0 aliphatic rings. The molecule has 5 nitrogen and oxygen atoms in total. The van der Waals surface area contributed by atoms with E-state index < -0.39 is 0 Å². The van der Waals surface area contributed by atoms with E-state index in [1.807, 2.05) is 24.0 Å². The number of amides is 1.